The molecule has 0 fully saturated rings. The Morgan fingerprint density at radius 3 is 2.76 bits per heavy atom. The van der Waals surface area contributed by atoms with E-state index in [0.29, 0.717) is 5.56 Å². The molecule has 1 aromatic carbocycles. The van der Waals surface area contributed by atoms with Gasteiger partial charge in [-0.1, -0.05) is 6.07 Å². The van der Waals surface area contributed by atoms with Gasteiger partial charge in [-0.15, -0.1) is 0 Å². The normalized spacial score (nSPS) is 11.9. The van der Waals surface area contributed by atoms with Gasteiger partial charge in [-0.2, -0.15) is 0 Å². The monoisotopic (exact) mass is 238 g/mol. The fourth-order valence-corrected chi connectivity index (χ4v) is 1.39. The maximum absolute atomic E-state index is 11.5. The molecule has 0 saturated carbocycles. The van der Waals surface area contributed by atoms with Gasteiger partial charge in [0.25, 0.3) is 5.69 Å². The average Bonchev–Trinajstić information content (AvgIpc) is 2.28. The molecule has 6 heteroatoms. The van der Waals surface area contributed by atoms with Crippen LogP contribution >= 0.6 is 0 Å². The van der Waals surface area contributed by atoms with Gasteiger partial charge in [-0.25, -0.2) is 0 Å². The van der Waals surface area contributed by atoms with Crippen molar-refractivity contribution in [1.29, 1.82) is 0 Å². The van der Waals surface area contributed by atoms with Gasteiger partial charge < -0.3 is 10.5 Å². The van der Waals surface area contributed by atoms with Crippen LogP contribution in [0.3, 0.4) is 0 Å². The number of nitro benzene ring substituents is 1. The summed E-state index contributed by atoms with van der Waals surface area (Å²) < 4.78 is 4.85. The van der Waals surface area contributed by atoms with Gasteiger partial charge in [-0.3, -0.25) is 14.9 Å². The van der Waals surface area contributed by atoms with Gasteiger partial charge >= 0.3 is 5.97 Å². The summed E-state index contributed by atoms with van der Waals surface area (Å²) in [7, 11) is 0. The highest BCUT2D eigenvalue weighted by Crippen LogP contribution is 2.27. The Balaban J connectivity index is 3.03. The lowest BCUT2D eigenvalue weighted by atomic mass is 10.0. The van der Waals surface area contributed by atoms with Crippen LogP contribution in [0, 0.1) is 10.1 Å². The number of hydrogen-bond acceptors (Lipinski definition) is 5. The molecule has 0 saturated heterocycles. The molecule has 0 spiro atoms. The second kappa shape index (κ2) is 5.29. The molecule has 1 atom stereocenters. The molecular weight excluding hydrogens is 224 g/mol. The molecule has 0 bridgehead atoms. The topological polar surface area (TPSA) is 95.5 Å². The van der Waals surface area contributed by atoms with Crippen LogP contribution in [-0.2, 0) is 9.53 Å². The molecule has 0 radical (unpaired) electrons. The number of ether oxygens (including phenoxy) is 1. The van der Waals surface area contributed by atoms with Gasteiger partial charge in [-0.05, 0) is 25.5 Å². The summed E-state index contributed by atoms with van der Waals surface area (Å²) >= 11 is 0. The van der Waals surface area contributed by atoms with E-state index in [4.69, 9.17) is 10.5 Å². The maximum atomic E-state index is 11.5. The van der Waals surface area contributed by atoms with Gasteiger partial charge in [0.15, 0.2) is 0 Å². The van der Waals surface area contributed by atoms with Crippen LogP contribution in [0.25, 0.3) is 0 Å². The predicted molar refractivity (Wildman–Crippen MR) is 62.6 cm³/mol. The van der Waals surface area contributed by atoms with Crippen molar-refractivity contribution in [1.82, 2.24) is 0 Å². The molecule has 0 amide bonds. The first-order valence-electron chi connectivity index (χ1n) is 5.17. The van der Waals surface area contributed by atoms with E-state index in [0.717, 1.165) is 0 Å². The molecule has 1 unspecified atom stereocenters. The largest absolute Gasteiger partial charge is 0.466 e. The highest BCUT2D eigenvalue weighted by molar-refractivity contribution is 5.78. The van der Waals surface area contributed by atoms with E-state index in [1.807, 2.05) is 0 Å². The third-order valence-electron chi connectivity index (χ3n) is 2.39. The summed E-state index contributed by atoms with van der Waals surface area (Å²) in [5.74, 6) is -0.958. The van der Waals surface area contributed by atoms with E-state index >= 15 is 0 Å². The number of esters is 1. The predicted octanol–water partition coefficient (Wildman–Crippen LogP) is 1.84. The Kier molecular flexibility index (Phi) is 4.03. The van der Waals surface area contributed by atoms with E-state index in [9.17, 15) is 14.9 Å². The molecule has 1 aromatic rings. The molecule has 0 aliphatic carbocycles. The molecular formula is C11H14N2O4. The maximum Gasteiger partial charge on any atom is 0.313 e. The highest BCUT2D eigenvalue weighted by atomic mass is 16.6. The summed E-state index contributed by atoms with van der Waals surface area (Å²) in [6, 6.07) is 4.31. The van der Waals surface area contributed by atoms with Crippen molar-refractivity contribution in [3.8, 4) is 0 Å². The number of carbonyl (C=O) groups is 1. The van der Waals surface area contributed by atoms with Gasteiger partial charge in [0.2, 0.25) is 0 Å². The number of hydrogen-bond donors (Lipinski definition) is 1. The standard InChI is InChI=1S/C11H14N2O4/c1-3-17-11(14)7(2)8-4-5-9(12)10(6-8)13(15)16/h4-7H,3,12H2,1-2H3. The number of anilines is 1. The first-order valence-corrected chi connectivity index (χ1v) is 5.17. The lowest BCUT2D eigenvalue weighted by Crippen LogP contribution is -2.13. The summed E-state index contributed by atoms with van der Waals surface area (Å²) in [4.78, 5) is 21.6. The van der Waals surface area contributed by atoms with E-state index in [-0.39, 0.29) is 18.0 Å². The van der Waals surface area contributed by atoms with E-state index in [1.54, 1.807) is 19.9 Å². The summed E-state index contributed by atoms with van der Waals surface area (Å²) in [5, 5.41) is 10.7. The number of carbonyl (C=O) groups excluding carboxylic acids is 1. The number of nitro groups is 1. The van der Waals surface area contributed by atoms with Crippen LogP contribution < -0.4 is 5.73 Å². The lowest BCUT2D eigenvalue weighted by Gasteiger charge is -2.10. The zero-order valence-corrected chi connectivity index (χ0v) is 9.67. The van der Waals surface area contributed by atoms with Crippen molar-refractivity contribution < 1.29 is 14.5 Å². The zero-order chi connectivity index (χ0) is 13.0. The summed E-state index contributed by atoms with van der Waals surface area (Å²) in [6.07, 6.45) is 0. The number of rotatable bonds is 4. The first-order chi connectivity index (χ1) is 7.97. The Morgan fingerprint density at radius 1 is 1.59 bits per heavy atom. The number of benzene rings is 1. The van der Waals surface area contributed by atoms with Crippen LogP contribution in [-0.4, -0.2) is 17.5 Å². The van der Waals surface area contributed by atoms with Crippen molar-refractivity contribution >= 4 is 17.3 Å². The molecule has 0 aliphatic heterocycles. The average molecular weight is 238 g/mol. The van der Waals surface area contributed by atoms with Gasteiger partial charge in [0.1, 0.15) is 5.69 Å². The molecule has 0 aromatic heterocycles. The molecule has 1 rings (SSSR count). The number of nitrogens with two attached hydrogens (primary N) is 1. The quantitative estimate of drug-likeness (QED) is 0.373. The number of nitrogens with zero attached hydrogens (tertiary/aromatic N) is 1. The third kappa shape index (κ3) is 2.93. The Hall–Kier alpha value is -2.11. The lowest BCUT2D eigenvalue weighted by molar-refractivity contribution is -0.384. The van der Waals surface area contributed by atoms with Crippen LogP contribution in [0.5, 0.6) is 0 Å². The minimum atomic E-state index is -0.573. The Bertz CT molecular complexity index is 445. The SMILES string of the molecule is CCOC(=O)C(C)c1ccc(N)c([N+](=O)[O-])c1. The Morgan fingerprint density at radius 2 is 2.24 bits per heavy atom. The Labute approximate surface area is 98.5 Å². The second-order valence-electron chi connectivity index (χ2n) is 3.55. The fraction of sp³-hybridized carbons (Fsp3) is 0.364. The molecule has 92 valence electrons. The van der Waals surface area contributed by atoms with Crippen LogP contribution in [0.1, 0.15) is 25.3 Å². The van der Waals surface area contributed by atoms with E-state index in [2.05, 4.69) is 0 Å². The smallest absolute Gasteiger partial charge is 0.313 e. The van der Waals surface area contributed by atoms with Crippen LogP contribution in [0.15, 0.2) is 18.2 Å². The summed E-state index contributed by atoms with van der Waals surface area (Å²) in [6.45, 7) is 3.61. The van der Waals surface area contributed by atoms with Crippen molar-refractivity contribution in [3.05, 3.63) is 33.9 Å². The van der Waals surface area contributed by atoms with Gasteiger partial charge in [0, 0.05) is 6.07 Å². The fourth-order valence-electron chi connectivity index (χ4n) is 1.39. The molecule has 2 N–H and O–H groups in total. The second-order valence-corrected chi connectivity index (χ2v) is 3.55. The summed E-state index contributed by atoms with van der Waals surface area (Å²) in [5.41, 5.74) is 5.87. The van der Waals surface area contributed by atoms with Crippen LogP contribution in [0.2, 0.25) is 0 Å². The molecule has 0 heterocycles. The van der Waals surface area contributed by atoms with Crippen molar-refractivity contribution in [2.45, 2.75) is 19.8 Å². The minimum Gasteiger partial charge on any atom is -0.466 e. The first kappa shape index (κ1) is 13.0. The van der Waals surface area contributed by atoms with Crippen molar-refractivity contribution in [2.75, 3.05) is 12.3 Å². The number of nitrogen functional groups attached to an aromatic ring is 1. The molecule has 0 aliphatic rings. The zero-order valence-electron chi connectivity index (χ0n) is 9.67. The van der Waals surface area contributed by atoms with Crippen molar-refractivity contribution in [2.24, 2.45) is 0 Å². The van der Waals surface area contributed by atoms with E-state index in [1.165, 1.54) is 12.1 Å². The van der Waals surface area contributed by atoms with Crippen molar-refractivity contribution in [3.63, 3.8) is 0 Å². The highest BCUT2D eigenvalue weighted by Gasteiger charge is 2.20. The minimum absolute atomic E-state index is 0.0785. The van der Waals surface area contributed by atoms with Crippen LogP contribution in [0.4, 0.5) is 11.4 Å². The third-order valence-corrected chi connectivity index (χ3v) is 2.39. The van der Waals surface area contributed by atoms with Gasteiger partial charge in [0.05, 0.1) is 17.4 Å². The van der Waals surface area contributed by atoms with E-state index < -0.39 is 16.8 Å². The molecule has 6 nitrogen and oxygen atoms in total. The molecule has 17 heavy (non-hydrogen) atoms.